The van der Waals surface area contributed by atoms with E-state index in [1.54, 1.807) is 12.3 Å². The number of hydrogen-bond donors (Lipinski definition) is 2. The van der Waals surface area contributed by atoms with Gasteiger partial charge in [-0.2, -0.15) is 0 Å². The van der Waals surface area contributed by atoms with Gasteiger partial charge in [-0.05, 0) is 28.9 Å². The van der Waals surface area contributed by atoms with Gasteiger partial charge in [0.25, 0.3) is 5.91 Å². The van der Waals surface area contributed by atoms with Gasteiger partial charge in [0.1, 0.15) is 5.69 Å². The molecule has 0 radical (unpaired) electrons. The van der Waals surface area contributed by atoms with E-state index in [4.69, 9.17) is 5.11 Å². The summed E-state index contributed by atoms with van der Waals surface area (Å²) in [6.07, 6.45) is 1.76. The number of aromatic nitrogens is 1. The number of nitrogens with one attached hydrogen (secondary N) is 1. The number of β-amino-alcohol motifs (C(OH)–C–C–N with tert-alkyl or cyclic N) is 1. The molecule has 5 nitrogen and oxygen atoms in total. The van der Waals surface area contributed by atoms with Crippen LogP contribution in [-0.2, 0) is 0 Å². The van der Waals surface area contributed by atoms with Crippen molar-refractivity contribution in [2.75, 3.05) is 32.8 Å². The van der Waals surface area contributed by atoms with Gasteiger partial charge >= 0.3 is 0 Å². The summed E-state index contributed by atoms with van der Waals surface area (Å²) in [4.78, 5) is 19.3. The van der Waals surface area contributed by atoms with Crippen LogP contribution in [-0.4, -0.2) is 64.6 Å². The third-order valence-corrected chi connectivity index (χ3v) is 3.78. The van der Waals surface area contributed by atoms with Crippen LogP contribution in [0.4, 0.5) is 0 Å². The molecule has 1 aromatic rings. The summed E-state index contributed by atoms with van der Waals surface area (Å²) in [5.74, 6) is 0.0381. The third-order valence-electron chi connectivity index (χ3n) is 3.32. The number of amides is 1. The number of aliphatic hydroxyl groups excluding tert-OH is 1. The molecule has 0 spiro atoms. The van der Waals surface area contributed by atoms with Crippen molar-refractivity contribution in [2.24, 2.45) is 0 Å². The molecule has 1 aliphatic rings. The highest BCUT2D eigenvalue weighted by atomic mass is 79.9. The Morgan fingerprint density at radius 3 is 2.94 bits per heavy atom. The van der Waals surface area contributed by atoms with Gasteiger partial charge in [0, 0.05) is 42.9 Å². The summed E-state index contributed by atoms with van der Waals surface area (Å²) in [5, 5.41) is 8.96. The van der Waals surface area contributed by atoms with E-state index in [1.807, 2.05) is 4.90 Å². The topological polar surface area (TPSA) is 59.6 Å². The molecule has 0 saturated carbocycles. The Labute approximate surface area is 115 Å². The Kier molecular flexibility index (Phi) is 4.42. The lowest BCUT2D eigenvalue weighted by molar-refractivity contribution is 0.0466. The number of carbonyl (C=O) groups excluding carboxylic acids is 1. The monoisotopic (exact) mass is 315 g/mol. The molecule has 6 heteroatoms. The van der Waals surface area contributed by atoms with Gasteiger partial charge in [0.05, 0.1) is 6.61 Å². The Bertz CT molecular complexity index is 421. The highest BCUT2D eigenvalue weighted by Crippen LogP contribution is 2.15. The number of aromatic amines is 1. The second kappa shape index (κ2) is 5.86. The number of piperazine rings is 1. The largest absolute Gasteiger partial charge is 0.395 e. The zero-order chi connectivity index (χ0) is 13.1. The van der Waals surface area contributed by atoms with Crippen LogP contribution < -0.4 is 0 Å². The van der Waals surface area contributed by atoms with E-state index < -0.39 is 0 Å². The van der Waals surface area contributed by atoms with Gasteiger partial charge in [0.2, 0.25) is 0 Å². The average Bonchev–Trinajstić information content (AvgIpc) is 2.78. The van der Waals surface area contributed by atoms with E-state index in [1.165, 1.54) is 0 Å². The zero-order valence-electron chi connectivity index (χ0n) is 10.4. The van der Waals surface area contributed by atoms with E-state index in [0.717, 1.165) is 11.0 Å². The second-order valence-corrected chi connectivity index (χ2v) is 5.51. The summed E-state index contributed by atoms with van der Waals surface area (Å²) in [5.41, 5.74) is 0.615. The summed E-state index contributed by atoms with van der Waals surface area (Å²) in [7, 11) is 0. The summed E-state index contributed by atoms with van der Waals surface area (Å²) < 4.78 is 0.887. The Morgan fingerprint density at radius 2 is 2.39 bits per heavy atom. The molecule has 2 heterocycles. The fourth-order valence-corrected chi connectivity index (χ4v) is 2.65. The molecule has 18 heavy (non-hydrogen) atoms. The molecule has 100 valence electrons. The first-order valence-corrected chi connectivity index (χ1v) is 6.89. The summed E-state index contributed by atoms with van der Waals surface area (Å²) in [6, 6.07) is 2.08. The number of hydrogen-bond acceptors (Lipinski definition) is 3. The van der Waals surface area contributed by atoms with E-state index >= 15 is 0 Å². The average molecular weight is 316 g/mol. The molecule has 1 amide bonds. The lowest BCUT2D eigenvalue weighted by atomic mass is 10.2. The van der Waals surface area contributed by atoms with Crippen LogP contribution in [0, 0.1) is 0 Å². The minimum Gasteiger partial charge on any atom is -0.395 e. The second-order valence-electron chi connectivity index (χ2n) is 4.59. The van der Waals surface area contributed by atoms with Gasteiger partial charge in [-0.1, -0.05) is 0 Å². The van der Waals surface area contributed by atoms with Crippen LogP contribution in [0.3, 0.4) is 0 Å². The lowest BCUT2D eigenvalue weighted by Gasteiger charge is -2.39. The van der Waals surface area contributed by atoms with Gasteiger partial charge in [-0.3, -0.25) is 9.69 Å². The Morgan fingerprint density at radius 1 is 1.61 bits per heavy atom. The first-order valence-electron chi connectivity index (χ1n) is 6.10. The summed E-state index contributed by atoms with van der Waals surface area (Å²) >= 11 is 3.33. The van der Waals surface area contributed by atoms with Crippen LogP contribution in [0.2, 0.25) is 0 Å². The van der Waals surface area contributed by atoms with Crippen molar-refractivity contribution in [3.05, 3.63) is 22.4 Å². The van der Waals surface area contributed by atoms with Crippen LogP contribution in [0.15, 0.2) is 16.7 Å². The van der Waals surface area contributed by atoms with Gasteiger partial charge in [0.15, 0.2) is 0 Å². The molecule has 0 aromatic carbocycles. The standard InChI is InChI=1S/C12H18BrN3O2/c1-9-8-16(3-2-15(9)4-5-17)12(18)11-6-10(13)7-14-11/h6-7,9,14,17H,2-5,8H2,1H3/t9-/m1/s1. The molecular formula is C12H18BrN3O2. The maximum Gasteiger partial charge on any atom is 0.270 e. The van der Waals surface area contributed by atoms with Crippen molar-refractivity contribution >= 4 is 21.8 Å². The SMILES string of the molecule is C[C@@H]1CN(C(=O)c2cc(Br)c[nH]2)CCN1CCO. The molecule has 1 aromatic heterocycles. The normalized spacial score (nSPS) is 21.3. The van der Waals surface area contributed by atoms with Gasteiger partial charge in [-0.25, -0.2) is 0 Å². The van der Waals surface area contributed by atoms with Crippen molar-refractivity contribution < 1.29 is 9.90 Å². The van der Waals surface area contributed by atoms with Crippen LogP contribution >= 0.6 is 15.9 Å². The van der Waals surface area contributed by atoms with Crippen LogP contribution in [0.25, 0.3) is 0 Å². The molecule has 1 saturated heterocycles. The fourth-order valence-electron chi connectivity index (χ4n) is 2.30. The number of rotatable bonds is 3. The van der Waals surface area contributed by atoms with Crippen molar-refractivity contribution in [3.8, 4) is 0 Å². The smallest absolute Gasteiger partial charge is 0.270 e. The molecule has 1 atom stereocenters. The number of nitrogens with zero attached hydrogens (tertiary/aromatic N) is 2. The third kappa shape index (κ3) is 2.93. The quantitative estimate of drug-likeness (QED) is 0.872. The molecular weight excluding hydrogens is 298 g/mol. The predicted octanol–water partition coefficient (Wildman–Crippen LogP) is 0.916. The number of H-pyrrole nitrogens is 1. The number of aliphatic hydroxyl groups is 1. The maximum absolute atomic E-state index is 12.2. The van der Waals surface area contributed by atoms with E-state index in [0.29, 0.717) is 25.3 Å². The minimum atomic E-state index is 0.0381. The molecule has 0 bridgehead atoms. The molecule has 1 fully saturated rings. The van der Waals surface area contributed by atoms with Crippen LogP contribution in [0.5, 0.6) is 0 Å². The number of carbonyl (C=O) groups is 1. The first-order chi connectivity index (χ1) is 8.61. The number of halogens is 1. The highest BCUT2D eigenvalue weighted by molar-refractivity contribution is 9.10. The maximum atomic E-state index is 12.2. The fraction of sp³-hybridized carbons (Fsp3) is 0.583. The molecule has 0 aliphatic carbocycles. The predicted molar refractivity (Wildman–Crippen MR) is 72.5 cm³/mol. The molecule has 0 unspecified atom stereocenters. The molecule has 2 N–H and O–H groups in total. The van der Waals surface area contributed by atoms with Crippen molar-refractivity contribution in [1.82, 2.24) is 14.8 Å². The van der Waals surface area contributed by atoms with Crippen molar-refractivity contribution in [3.63, 3.8) is 0 Å². The lowest BCUT2D eigenvalue weighted by Crippen LogP contribution is -2.54. The molecule has 2 rings (SSSR count). The Balaban J connectivity index is 1.98. The van der Waals surface area contributed by atoms with E-state index in [2.05, 4.69) is 32.7 Å². The first kappa shape index (κ1) is 13.6. The zero-order valence-corrected chi connectivity index (χ0v) is 12.0. The van der Waals surface area contributed by atoms with Gasteiger partial charge in [-0.15, -0.1) is 0 Å². The Hall–Kier alpha value is -0.850. The van der Waals surface area contributed by atoms with E-state index in [9.17, 15) is 4.79 Å². The van der Waals surface area contributed by atoms with Crippen molar-refractivity contribution in [1.29, 1.82) is 0 Å². The molecule has 1 aliphatic heterocycles. The minimum absolute atomic E-state index is 0.0381. The van der Waals surface area contributed by atoms with Crippen molar-refractivity contribution in [2.45, 2.75) is 13.0 Å². The van der Waals surface area contributed by atoms with Gasteiger partial charge < -0.3 is 15.0 Å². The van der Waals surface area contributed by atoms with E-state index in [-0.39, 0.29) is 18.6 Å². The summed E-state index contributed by atoms with van der Waals surface area (Å²) in [6.45, 7) is 5.16. The highest BCUT2D eigenvalue weighted by Gasteiger charge is 2.27. The van der Waals surface area contributed by atoms with Crippen LogP contribution in [0.1, 0.15) is 17.4 Å².